The summed E-state index contributed by atoms with van der Waals surface area (Å²) in [6.07, 6.45) is 13.5. The van der Waals surface area contributed by atoms with E-state index in [1.165, 1.54) is 89.0 Å². The zero-order valence-electron chi connectivity index (χ0n) is 79.0. The summed E-state index contributed by atoms with van der Waals surface area (Å²) in [6.45, 7) is 21.2. The Morgan fingerprint density at radius 1 is 0.184 bits per heavy atom. The lowest BCUT2D eigenvalue weighted by Gasteiger charge is -2.44. The van der Waals surface area contributed by atoms with E-state index in [-0.39, 0.29) is 47.3 Å². The van der Waals surface area contributed by atoms with Gasteiger partial charge in [0.15, 0.2) is 23.3 Å². The number of ether oxygens (including phenoxy) is 8. The van der Waals surface area contributed by atoms with Gasteiger partial charge in [-0.3, -0.25) is 0 Å². The van der Waals surface area contributed by atoms with Crippen molar-refractivity contribution in [3.8, 4) is 91.5 Å². The number of unbranched alkanes of at least 4 members (excludes halogenated alkanes) is 8. The third-order valence-electron chi connectivity index (χ3n) is 30.8. The van der Waals surface area contributed by atoms with Crippen LogP contribution in [-0.2, 0) is 0 Å². The first-order valence-electron chi connectivity index (χ1n) is 50.8. The van der Waals surface area contributed by atoms with Crippen molar-refractivity contribution in [3.05, 3.63) is 328 Å². The molecule has 16 bridgehead atoms. The van der Waals surface area contributed by atoms with Crippen molar-refractivity contribution in [1.82, 2.24) is 39.9 Å². The summed E-state index contributed by atoms with van der Waals surface area (Å²) in [5.74, 6) is 5.07. The topological polar surface area (TPSA) is 183 Å². The average molecular weight is 1800 g/mol. The SMILES string of the molecule is CCCCOc1c2c(c(OCCCC)c3c1C1c4ccccc4C3c3ccccc31)-c1nc-2nc2[nH]c(nc3nc(nc4[nH]c(n1)c1c(OCCCC)c5c(c(OCCCC)c41)C1c4ccccc4C5c4ccccc41)-c1c(OCCCC)c4c(c(OCCCC)c1-3)C1c3ccccc3C4c3ccccc31)c1c(OCCCC)c3c(c(OCCCC)c21)C1c2ccccc2C3c2ccccc21. The molecule has 15 aromatic rings. The van der Waals surface area contributed by atoms with Crippen LogP contribution < -0.4 is 37.9 Å². The van der Waals surface area contributed by atoms with Crippen LogP contribution in [0.15, 0.2) is 194 Å². The van der Waals surface area contributed by atoms with Crippen LogP contribution in [0.25, 0.3) is 89.7 Å². The molecule has 12 aliphatic carbocycles. The van der Waals surface area contributed by atoms with Crippen LogP contribution in [0.5, 0.6) is 46.0 Å². The van der Waals surface area contributed by atoms with E-state index in [4.69, 9.17) is 67.8 Å². The maximum atomic E-state index is 7.90. The van der Waals surface area contributed by atoms with Crippen molar-refractivity contribution in [1.29, 1.82) is 0 Å². The second kappa shape index (κ2) is 34.3. The first-order chi connectivity index (χ1) is 67.3. The van der Waals surface area contributed by atoms with E-state index in [0.717, 1.165) is 170 Å². The molecular formula is C120H114N8O8. The summed E-state index contributed by atoms with van der Waals surface area (Å²) in [5, 5.41) is 2.86. The zero-order valence-corrected chi connectivity index (χ0v) is 79.0. The molecule has 14 aliphatic rings. The van der Waals surface area contributed by atoms with E-state index in [9.17, 15) is 0 Å². The Bertz CT molecular complexity index is 6550. The van der Waals surface area contributed by atoms with Gasteiger partial charge in [-0.05, 0) is 140 Å². The van der Waals surface area contributed by atoms with Crippen LogP contribution in [0.2, 0.25) is 0 Å². The summed E-state index contributed by atoms with van der Waals surface area (Å²) >= 11 is 0. The van der Waals surface area contributed by atoms with Gasteiger partial charge < -0.3 is 47.9 Å². The predicted octanol–water partition coefficient (Wildman–Crippen LogP) is 28.2. The maximum absolute atomic E-state index is 7.90. The second-order valence-corrected chi connectivity index (χ2v) is 38.7. The van der Waals surface area contributed by atoms with Gasteiger partial charge in [0.05, 0.1) is 96.7 Å². The van der Waals surface area contributed by atoms with E-state index in [0.29, 0.717) is 166 Å². The van der Waals surface area contributed by atoms with Crippen LogP contribution in [0.1, 0.15) is 339 Å². The molecule has 0 saturated carbocycles. The number of nitrogens with one attached hydrogen (secondary N) is 2. The number of nitrogens with zero attached hydrogens (tertiary/aromatic N) is 6. The third kappa shape index (κ3) is 12.5. The third-order valence-corrected chi connectivity index (χ3v) is 30.8. The Labute approximate surface area is 794 Å². The van der Waals surface area contributed by atoms with Crippen LogP contribution in [-0.4, -0.2) is 92.7 Å². The van der Waals surface area contributed by atoms with Gasteiger partial charge in [0.1, 0.15) is 68.6 Å². The summed E-state index contributed by atoms with van der Waals surface area (Å²) in [7, 11) is 0. The second-order valence-electron chi connectivity index (χ2n) is 38.7. The van der Waals surface area contributed by atoms with Crippen LogP contribution in [0.3, 0.4) is 0 Å². The number of aromatic nitrogens is 8. The van der Waals surface area contributed by atoms with E-state index >= 15 is 0 Å². The molecule has 0 unspecified atom stereocenters. The molecule has 0 fully saturated rings. The lowest BCUT2D eigenvalue weighted by Crippen LogP contribution is -2.29. The maximum Gasteiger partial charge on any atom is 0.168 e. The number of benzene rings is 12. The number of fused-ring (bicyclic) bond motifs is 20. The van der Waals surface area contributed by atoms with Gasteiger partial charge in [-0.2, -0.15) is 0 Å². The lowest BCUT2D eigenvalue weighted by molar-refractivity contribution is 0.295. The average Bonchev–Trinajstić information content (AvgIpc) is 1.28. The van der Waals surface area contributed by atoms with Crippen molar-refractivity contribution in [2.24, 2.45) is 0 Å². The Balaban J connectivity index is 0.924. The summed E-state index contributed by atoms with van der Waals surface area (Å²) in [5.41, 5.74) is 32.9. The molecule has 12 aromatic carbocycles. The standard InChI is InChI=1S/C120H114N8O8/c1-9-17-57-129-105-89-81-65-41-25-27-43-67(65)82(68-44-28-26-42-66(68)81)90(89)106(130-58-18-10-2)98-97(105)113-121-114(98)126-116-101-102(110(134-62-22-14-6)94-86-75-51-35-33-49-73(75)85(74-50-34-36-52-76(74)86)93(94)109(101)133-61-21-13-5)118(123-116)128-120-104-103(111(135-63-23-15-7)95-87-77-53-37-39-55-79(77)88(80-56-40-38-54-78(80)87)96(95)112(104)136-64-24-16-8)119(124-120)127-117-100-99(115(122-117)125-113)107(131-59-19-11-3)91-83-69-45-29-31-47-71(69)84(72-48-32-30-46-70(72)83)92(91)108(100)132-60-20-12-4/h25-56,81-88H,9-24,57-64H2,1-8H3,(H2,121,122,123,124,125,126,127,128). The lowest BCUT2D eigenvalue weighted by atomic mass is 9.60. The minimum atomic E-state index is -0.269. The Hall–Kier alpha value is -13.6. The van der Waals surface area contributed by atoms with Crippen molar-refractivity contribution in [2.75, 3.05) is 52.9 Å². The van der Waals surface area contributed by atoms with E-state index < -0.39 is 0 Å². The summed E-state index contributed by atoms with van der Waals surface area (Å²) in [4.78, 5) is 46.5. The molecule has 2 aliphatic heterocycles. The van der Waals surface area contributed by atoms with E-state index in [1.54, 1.807) is 0 Å². The molecule has 5 heterocycles. The van der Waals surface area contributed by atoms with Gasteiger partial charge in [-0.25, -0.2) is 29.9 Å². The number of rotatable bonds is 32. The molecule has 136 heavy (non-hydrogen) atoms. The Morgan fingerprint density at radius 2 is 0.316 bits per heavy atom. The fourth-order valence-electron chi connectivity index (χ4n) is 24.9. The number of aromatic amines is 2. The molecule has 682 valence electrons. The fraction of sp³-hybridized carbons (Fsp3) is 0.333. The summed E-state index contributed by atoms with van der Waals surface area (Å²) < 4.78 is 63.2. The molecule has 16 heteroatoms. The number of hydrogen-bond donors (Lipinski definition) is 2. The van der Waals surface area contributed by atoms with Gasteiger partial charge in [-0.1, -0.05) is 301 Å². The molecule has 2 N–H and O–H groups in total. The molecule has 0 radical (unpaired) electrons. The molecule has 0 atom stereocenters. The van der Waals surface area contributed by atoms with Crippen molar-refractivity contribution in [3.63, 3.8) is 0 Å². The Kier molecular flexibility index (Phi) is 21.2. The van der Waals surface area contributed by atoms with Crippen molar-refractivity contribution in [2.45, 2.75) is 205 Å². The molecule has 0 amide bonds. The fourth-order valence-corrected chi connectivity index (χ4v) is 24.9. The van der Waals surface area contributed by atoms with Gasteiger partial charge >= 0.3 is 0 Å². The highest BCUT2D eigenvalue weighted by Crippen LogP contribution is 2.71. The zero-order chi connectivity index (χ0) is 91.2. The highest BCUT2D eigenvalue weighted by molar-refractivity contribution is 6.16. The number of H-pyrrole nitrogens is 2. The van der Waals surface area contributed by atoms with Gasteiger partial charge in [0.2, 0.25) is 0 Å². The molecule has 29 rings (SSSR count). The highest BCUT2D eigenvalue weighted by atomic mass is 16.5. The molecule has 16 nitrogen and oxygen atoms in total. The normalized spacial score (nSPS) is 17.8. The molecular weight excluding hydrogens is 1680 g/mol. The van der Waals surface area contributed by atoms with Crippen LogP contribution in [0.4, 0.5) is 0 Å². The van der Waals surface area contributed by atoms with Crippen LogP contribution >= 0.6 is 0 Å². The molecule has 3 aromatic heterocycles. The van der Waals surface area contributed by atoms with E-state index in [2.05, 4.69) is 259 Å². The monoisotopic (exact) mass is 1790 g/mol. The van der Waals surface area contributed by atoms with Crippen LogP contribution in [0, 0.1) is 0 Å². The van der Waals surface area contributed by atoms with E-state index in [1.807, 2.05) is 0 Å². The smallest absolute Gasteiger partial charge is 0.168 e. The van der Waals surface area contributed by atoms with Gasteiger partial charge in [-0.15, -0.1) is 0 Å². The first kappa shape index (κ1) is 84.2. The quantitative estimate of drug-likeness (QED) is 0.0380. The first-order valence-corrected chi connectivity index (χ1v) is 50.8. The van der Waals surface area contributed by atoms with Crippen molar-refractivity contribution >= 4 is 44.1 Å². The predicted molar refractivity (Wildman–Crippen MR) is 538 cm³/mol. The van der Waals surface area contributed by atoms with Gasteiger partial charge in [0, 0.05) is 91.9 Å². The summed E-state index contributed by atoms with van der Waals surface area (Å²) in [6, 6.07) is 72.5. The number of hydrogen-bond acceptors (Lipinski definition) is 14. The van der Waals surface area contributed by atoms with Crippen molar-refractivity contribution < 1.29 is 37.9 Å². The van der Waals surface area contributed by atoms with Gasteiger partial charge in [0.25, 0.3) is 0 Å². The minimum absolute atomic E-state index is 0.265. The molecule has 0 saturated heterocycles. The highest BCUT2D eigenvalue weighted by Gasteiger charge is 2.54. The minimum Gasteiger partial charge on any atom is -0.492 e. The molecule has 0 spiro atoms. The Morgan fingerprint density at radius 3 is 0.456 bits per heavy atom. The largest absolute Gasteiger partial charge is 0.492 e.